The SMILES string of the molecule is O=C(CCc1ccsc1)Nc1ccc(N2CCNC2=O)cc1. The van der Waals surface area contributed by atoms with Crippen LogP contribution >= 0.6 is 11.3 Å². The highest BCUT2D eigenvalue weighted by Crippen LogP contribution is 2.19. The standard InChI is InChI=1S/C16H17N3O2S/c20-15(6-1-12-7-10-22-11-12)18-13-2-4-14(5-3-13)19-9-8-17-16(19)21/h2-5,7,10-11H,1,6,8-9H2,(H,17,21)(H,18,20). The van der Waals surface area contributed by atoms with Crippen LogP contribution in [0.4, 0.5) is 16.2 Å². The molecule has 6 heteroatoms. The van der Waals surface area contributed by atoms with Crippen molar-refractivity contribution in [3.63, 3.8) is 0 Å². The molecule has 3 amide bonds. The van der Waals surface area contributed by atoms with Crippen LogP contribution < -0.4 is 15.5 Å². The molecule has 114 valence electrons. The van der Waals surface area contributed by atoms with Gasteiger partial charge in [-0.25, -0.2) is 4.79 Å². The summed E-state index contributed by atoms with van der Waals surface area (Å²) in [5.41, 5.74) is 2.78. The van der Waals surface area contributed by atoms with E-state index in [2.05, 4.69) is 16.0 Å². The van der Waals surface area contributed by atoms with E-state index in [0.717, 1.165) is 17.8 Å². The van der Waals surface area contributed by atoms with Gasteiger partial charge in [0.05, 0.1) is 0 Å². The number of rotatable bonds is 5. The molecule has 5 nitrogen and oxygen atoms in total. The molecule has 0 atom stereocenters. The Balaban J connectivity index is 1.54. The van der Waals surface area contributed by atoms with Gasteiger partial charge in [-0.3, -0.25) is 9.69 Å². The highest BCUT2D eigenvalue weighted by Gasteiger charge is 2.20. The number of thiophene rings is 1. The zero-order valence-corrected chi connectivity index (χ0v) is 12.9. The third kappa shape index (κ3) is 3.46. The van der Waals surface area contributed by atoms with E-state index in [1.165, 1.54) is 5.56 Å². The average molecular weight is 315 g/mol. The zero-order valence-electron chi connectivity index (χ0n) is 12.0. The lowest BCUT2D eigenvalue weighted by Crippen LogP contribution is -2.27. The fourth-order valence-electron chi connectivity index (χ4n) is 2.36. The van der Waals surface area contributed by atoms with E-state index in [0.29, 0.717) is 19.5 Å². The Kier molecular flexibility index (Phi) is 4.39. The van der Waals surface area contributed by atoms with Crippen LogP contribution in [0, 0.1) is 0 Å². The monoisotopic (exact) mass is 315 g/mol. The number of aryl methyl sites for hydroxylation is 1. The summed E-state index contributed by atoms with van der Waals surface area (Å²) in [5.74, 6) is -0.00198. The van der Waals surface area contributed by atoms with Gasteiger partial charge in [0.2, 0.25) is 5.91 Å². The van der Waals surface area contributed by atoms with Crippen LogP contribution in [0.5, 0.6) is 0 Å². The van der Waals surface area contributed by atoms with Crippen molar-refractivity contribution < 1.29 is 9.59 Å². The minimum absolute atomic E-state index is 0.00198. The molecule has 1 aromatic heterocycles. The lowest BCUT2D eigenvalue weighted by atomic mass is 10.2. The van der Waals surface area contributed by atoms with Gasteiger partial charge in [-0.1, -0.05) is 0 Å². The lowest BCUT2D eigenvalue weighted by Gasteiger charge is -2.14. The van der Waals surface area contributed by atoms with Gasteiger partial charge in [0.15, 0.2) is 0 Å². The summed E-state index contributed by atoms with van der Waals surface area (Å²) in [7, 11) is 0. The number of nitrogens with zero attached hydrogens (tertiary/aromatic N) is 1. The number of carbonyl (C=O) groups excluding carboxylic acids is 2. The first-order valence-electron chi connectivity index (χ1n) is 7.19. The second-order valence-corrected chi connectivity index (χ2v) is 5.89. The Morgan fingerprint density at radius 3 is 2.73 bits per heavy atom. The highest BCUT2D eigenvalue weighted by atomic mass is 32.1. The van der Waals surface area contributed by atoms with E-state index >= 15 is 0 Å². The van der Waals surface area contributed by atoms with Crippen molar-refractivity contribution in [2.75, 3.05) is 23.3 Å². The van der Waals surface area contributed by atoms with Gasteiger partial charge in [0.1, 0.15) is 0 Å². The third-order valence-electron chi connectivity index (χ3n) is 3.54. The Morgan fingerprint density at radius 2 is 2.09 bits per heavy atom. The molecule has 1 aliphatic rings. The Morgan fingerprint density at radius 1 is 1.27 bits per heavy atom. The largest absolute Gasteiger partial charge is 0.336 e. The predicted octanol–water partition coefficient (Wildman–Crippen LogP) is 2.85. The molecule has 1 aliphatic heterocycles. The van der Waals surface area contributed by atoms with Crippen LogP contribution in [0.3, 0.4) is 0 Å². The number of anilines is 2. The average Bonchev–Trinajstić information content (AvgIpc) is 3.17. The topological polar surface area (TPSA) is 61.4 Å². The minimum Gasteiger partial charge on any atom is -0.336 e. The lowest BCUT2D eigenvalue weighted by molar-refractivity contribution is -0.116. The molecule has 22 heavy (non-hydrogen) atoms. The Hall–Kier alpha value is -2.34. The first-order chi connectivity index (χ1) is 10.7. The molecule has 3 rings (SSSR count). The molecule has 1 saturated heterocycles. The maximum absolute atomic E-state index is 11.9. The molecule has 2 heterocycles. The second kappa shape index (κ2) is 6.62. The van der Waals surface area contributed by atoms with E-state index < -0.39 is 0 Å². The van der Waals surface area contributed by atoms with E-state index in [9.17, 15) is 9.59 Å². The maximum atomic E-state index is 11.9. The number of hydrogen-bond acceptors (Lipinski definition) is 3. The van der Waals surface area contributed by atoms with Crippen molar-refractivity contribution in [3.05, 3.63) is 46.7 Å². The number of carbonyl (C=O) groups is 2. The van der Waals surface area contributed by atoms with Crippen LogP contribution in [0.15, 0.2) is 41.1 Å². The van der Waals surface area contributed by atoms with Crippen LogP contribution in [0.2, 0.25) is 0 Å². The summed E-state index contributed by atoms with van der Waals surface area (Å²) in [4.78, 5) is 25.2. The first-order valence-corrected chi connectivity index (χ1v) is 8.13. The minimum atomic E-state index is -0.0763. The summed E-state index contributed by atoms with van der Waals surface area (Å²) in [6.45, 7) is 1.34. The molecule has 0 aliphatic carbocycles. The van der Waals surface area contributed by atoms with Gasteiger partial charge in [-0.05, 0) is 53.1 Å². The summed E-state index contributed by atoms with van der Waals surface area (Å²) < 4.78 is 0. The number of nitrogens with one attached hydrogen (secondary N) is 2. The van der Waals surface area contributed by atoms with Crippen molar-refractivity contribution in [2.24, 2.45) is 0 Å². The van der Waals surface area contributed by atoms with Gasteiger partial charge in [0.25, 0.3) is 0 Å². The van der Waals surface area contributed by atoms with Crippen molar-refractivity contribution >= 4 is 34.6 Å². The van der Waals surface area contributed by atoms with Gasteiger partial charge < -0.3 is 10.6 Å². The number of benzene rings is 1. The molecular weight excluding hydrogens is 298 g/mol. The predicted molar refractivity (Wildman–Crippen MR) is 88.5 cm³/mol. The van der Waals surface area contributed by atoms with E-state index in [4.69, 9.17) is 0 Å². The van der Waals surface area contributed by atoms with E-state index in [1.54, 1.807) is 16.2 Å². The maximum Gasteiger partial charge on any atom is 0.321 e. The van der Waals surface area contributed by atoms with E-state index in [-0.39, 0.29) is 11.9 Å². The molecule has 0 radical (unpaired) electrons. The molecule has 1 aromatic carbocycles. The quantitative estimate of drug-likeness (QED) is 0.891. The Bertz CT molecular complexity index is 653. The smallest absolute Gasteiger partial charge is 0.321 e. The van der Waals surface area contributed by atoms with E-state index in [1.807, 2.05) is 35.7 Å². The molecular formula is C16H17N3O2S. The number of urea groups is 1. The Labute approximate surface area is 132 Å². The van der Waals surface area contributed by atoms with Gasteiger partial charge >= 0.3 is 6.03 Å². The molecule has 0 saturated carbocycles. The second-order valence-electron chi connectivity index (χ2n) is 5.11. The number of amides is 3. The molecule has 2 N–H and O–H groups in total. The van der Waals surface area contributed by atoms with Crippen LogP contribution in [-0.2, 0) is 11.2 Å². The third-order valence-corrected chi connectivity index (χ3v) is 4.27. The van der Waals surface area contributed by atoms with Crippen LogP contribution in [0.1, 0.15) is 12.0 Å². The fourth-order valence-corrected chi connectivity index (χ4v) is 3.06. The molecule has 0 bridgehead atoms. The first kappa shape index (κ1) is 14.6. The summed E-state index contributed by atoms with van der Waals surface area (Å²) in [5, 5.41) is 9.71. The molecule has 1 fully saturated rings. The molecule has 0 spiro atoms. The van der Waals surface area contributed by atoms with Crippen molar-refractivity contribution in [1.29, 1.82) is 0 Å². The molecule has 2 aromatic rings. The van der Waals surface area contributed by atoms with Crippen molar-refractivity contribution in [1.82, 2.24) is 5.32 Å². The fraction of sp³-hybridized carbons (Fsp3) is 0.250. The van der Waals surface area contributed by atoms with Crippen molar-refractivity contribution in [3.8, 4) is 0 Å². The normalized spacial score (nSPS) is 14.0. The number of hydrogen-bond donors (Lipinski definition) is 2. The zero-order chi connectivity index (χ0) is 15.4. The van der Waals surface area contributed by atoms with Gasteiger partial charge in [-0.2, -0.15) is 11.3 Å². The van der Waals surface area contributed by atoms with Crippen LogP contribution in [-0.4, -0.2) is 25.0 Å². The van der Waals surface area contributed by atoms with Gasteiger partial charge in [0, 0.05) is 30.9 Å². The molecule has 0 unspecified atom stereocenters. The highest BCUT2D eigenvalue weighted by molar-refractivity contribution is 7.07. The summed E-state index contributed by atoms with van der Waals surface area (Å²) in [6, 6.07) is 9.30. The van der Waals surface area contributed by atoms with Gasteiger partial charge in [-0.15, -0.1) is 0 Å². The van der Waals surface area contributed by atoms with Crippen molar-refractivity contribution in [2.45, 2.75) is 12.8 Å². The summed E-state index contributed by atoms with van der Waals surface area (Å²) >= 11 is 1.64. The summed E-state index contributed by atoms with van der Waals surface area (Å²) in [6.07, 6.45) is 1.22. The van der Waals surface area contributed by atoms with Crippen LogP contribution in [0.25, 0.3) is 0 Å².